The van der Waals surface area contributed by atoms with Crippen molar-refractivity contribution >= 4 is 6.72 Å². The lowest BCUT2D eigenvalue weighted by molar-refractivity contribution is 0.158. The summed E-state index contributed by atoms with van der Waals surface area (Å²) in [5.41, 5.74) is 0. The molecule has 0 aliphatic heterocycles. The molecule has 0 N–H and O–H groups in total. The summed E-state index contributed by atoms with van der Waals surface area (Å²) in [5, 5.41) is 0. The number of allylic oxidation sites excluding steroid dienone is 1. The monoisotopic (exact) mass is 233 g/mol. The van der Waals surface area contributed by atoms with Gasteiger partial charge in [-0.3, -0.25) is 0 Å². The van der Waals surface area contributed by atoms with Gasteiger partial charge >= 0.3 is 0 Å². The number of hydrogen-bond donors (Lipinski definition) is 0. The molecule has 2 aliphatic rings. The van der Waals surface area contributed by atoms with Crippen molar-refractivity contribution in [2.24, 2.45) is 28.7 Å². The van der Waals surface area contributed by atoms with Crippen LogP contribution in [0.5, 0.6) is 0 Å². The van der Waals surface area contributed by atoms with Crippen LogP contribution in [0.1, 0.15) is 51.4 Å². The lowest BCUT2D eigenvalue weighted by atomic mass is 9.69. The number of aliphatic imine (C=N–C) groups is 1. The summed E-state index contributed by atoms with van der Waals surface area (Å²) >= 11 is 0. The molecule has 96 valence electrons. The van der Waals surface area contributed by atoms with Gasteiger partial charge in [-0.25, -0.2) is 0 Å². The van der Waals surface area contributed by atoms with Gasteiger partial charge in [0.15, 0.2) is 0 Å². The van der Waals surface area contributed by atoms with E-state index in [9.17, 15) is 0 Å². The predicted molar refractivity (Wildman–Crippen MR) is 75.5 cm³/mol. The molecule has 17 heavy (non-hydrogen) atoms. The van der Waals surface area contributed by atoms with Crippen molar-refractivity contribution in [1.82, 2.24) is 0 Å². The Kier molecular flexibility index (Phi) is 4.82. The van der Waals surface area contributed by atoms with Gasteiger partial charge in [-0.05, 0) is 81.8 Å². The highest BCUT2D eigenvalue weighted by molar-refractivity contribution is 5.23. The normalized spacial score (nSPS) is 38.6. The topological polar surface area (TPSA) is 12.4 Å². The molecule has 1 heteroatoms. The quantitative estimate of drug-likeness (QED) is 0.501. The Morgan fingerprint density at radius 2 is 1.41 bits per heavy atom. The second-order valence-electron chi connectivity index (χ2n) is 6.10. The molecule has 0 unspecified atom stereocenters. The highest BCUT2D eigenvalue weighted by Gasteiger charge is 2.29. The Balaban J connectivity index is 1.74. The molecule has 0 spiro atoms. The molecule has 2 aliphatic carbocycles. The molecule has 2 saturated carbocycles. The first kappa shape index (κ1) is 12.9. The van der Waals surface area contributed by atoms with Gasteiger partial charge in [0.25, 0.3) is 0 Å². The molecule has 0 aromatic heterocycles. The lowest BCUT2D eigenvalue weighted by Gasteiger charge is -2.37. The standard InChI is InChI=1S/C16H27N/c1-3-13-4-8-15(9-5-13)16-10-6-14(7-11-16)12-17-2/h3,13-16H,1-2,4-12H2. The lowest BCUT2D eigenvalue weighted by Crippen LogP contribution is -2.26. The van der Waals surface area contributed by atoms with Crippen LogP contribution in [0.25, 0.3) is 0 Å². The summed E-state index contributed by atoms with van der Waals surface area (Å²) in [4.78, 5) is 4.06. The molecular formula is C16H27N. The van der Waals surface area contributed by atoms with Gasteiger partial charge in [-0.2, -0.15) is 0 Å². The maximum Gasteiger partial charge on any atom is 0.0410 e. The molecule has 0 amide bonds. The highest BCUT2D eigenvalue weighted by Crippen LogP contribution is 2.41. The fraction of sp³-hybridized carbons (Fsp3) is 0.812. The van der Waals surface area contributed by atoms with Gasteiger partial charge < -0.3 is 4.99 Å². The third-order valence-corrected chi connectivity index (χ3v) is 5.10. The van der Waals surface area contributed by atoms with E-state index < -0.39 is 0 Å². The second-order valence-corrected chi connectivity index (χ2v) is 6.10. The van der Waals surface area contributed by atoms with E-state index >= 15 is 0 Å². The first-order valence-electron chi connectivity index (χ1n) is 7.38. The molecular weight excluding hydrogens is 206 g/mol. The molecule has 0 saturated heterocycles. The zero-order valence-electron chi connectivity index (χ0n) is 11.1. The molecule has 1 nitrogen and oxygen atoms in total. The maximum absolute atomic E-state index is 4.06. The average Bonchev–Trinajstić information content (AvgIpc) is 2.40. The zero-order chi connectivity index (χ0) is 12.1. The summed E-state index contributed by atoms with van der Waals surface area (Å²) < 4.78 is 0. The van der Waals surface area contributed by atoms with Crippen LogP contribution in [-0.4, -0.2) is 13.3 Å². The number of rotatable bonds is 4. The van der Waals surface area contributed by atoms with E-state index in [2.05, 4.69) is 24.4 Å². The Morgan fingerprint density at radius 1 is 0.882 bits per heavy atom. The summed E-state index contributed by atoms with van der Waals surface area (Å²) in [7, 11) is 0. The average molecular weight is 233 g/mol. The van der Waals surface area contributed by atoms with Gasteiger partial charge in [0.2, 0.25) is 0 Å². The Bertz CT molecular complexity index is 242. The Hall–Kier alpha value is -0.590. The van der Waals surface area contributed by atoms with Gasteiger partial charge in [0, 0.05) is 6.54 Å². The van der Waals surface area contributed by atoms with E-state index in [-0.39, 0.29) is 0 Å². The molecule has 2 rings (SSSR count). The van der Waals surface area contributed by atoms with Crippen LogP contribution < -0.4 is 0 Å². The van der Waals surface area contributed by atoms with Gasteiger partial charge in [-0.15, -0.1) is 6.58 Å². The zero-order valence-corrected chi connectivity index (χ0v) is 11.1. The molecule has 0 aromatic rings. The highest BCUT2D eigenvalue weighted by atomic mass is 14.7. The van der Waals surface area contributed by atoms with Crippen LogP contribution in [0.2, 0.25) is 0 Å². The third-order valence-electron chi connectivity index (χ3n) is 5.10. The van der Waals surface area contributed by atoms with Gasteiger partial charge in [-0.1, -0.05) is 6.08 Å². The van der Waals surface area contributed by atoms with E-state index in [1.165, 1.54) is 51.4 Å². The second kappa shape index (κ2) is 6.37. The van der Waals surface area contributed by atoms with Crippen molar-refractivity contribution in [3.8, 4) is 0 Å². The van der Waals surface area contributed by atoms with E-state index in [4.69, 9.17) is 0 Å². The third kappa shape index (κ3) is 3.43. The molecule has 0 atom stereocenters. The van der Waals surface area contributed by atoms with Gasteiger partial charge in [0.05, 0.1) is 0 Å². The minimum absolute atomic E-state index is 0.813. The summed E-state index contributed by atoms with van der Waals surface area (Å²) in [5.74, 6) is 3.69. The van der Waals surface area contributed by atoms with Gasteiger partial charge in [0.1, 0.15) is 0 Å². The van der Waals surface area contributed by atoms with Crippen molar-refractivity contribution < 1.29 is 0 Å². The molecule has 0 heterocycles. The minimum Gasteiger partial charge on any atom is -0.301 e. The first-order chi connectivity index (χ1) is 8.33. The van der Waals surface area contributed by atoms with Crippen molar-refractivity contribution in [2.45, 2.75) is 51.4 Å². The summed E-state index contributed by atoms with van der Waals surface area (Å²) in [6.45, 7) is 8.55. The molecule has 0 radical (unpaired) electrons. The van der Waals surface area contributed by atoms with Crippen LogP contribution in [0.15, 0.2) is 17.6 Å². The van der Waals surface area contributed by atoms with E-state index in [0.29, 0.717) is 0 Å². The van der Waals surface area contributed by atoms with Crippen molar-refractivity contribution in [1.29, 1.82) is 0 Å². The summed E-state index contributed by atoms with van der Waals surface area (Å²) in [6.07, 6.45) is 13.5. The van der Waals surface area contributed by atoms with Crippen LogP contribution in [0.4, 0.5) is 0 Å². The van der Waals surface area contributed by atoms with Crippen LogP contribution >= 0.6 is 0 Å². The smallest absolute Gasteiger partial charge is 0.0410 e. The van der Waals surface area contributed by atoms with Crippen LogP contribution in [0.3, 0.4) is 0 Å². The minimum atomic E-state index is 0.813. The largest absolute Gasteiger partial charge is 0.301 e. The number of hydrogen-bond acceptors (Lipinski definition) is 1. The van der Waals surface area contributed by atoms with Crippen molar-refractivity contribution in [3.05, 3.63) is 12.7 Å². The van der Waals surface area contributed by atoms with E-state index in [1.807, 2.05) is 0 Å². The summed E-state index contributed by atoms with van der Waals surface area (Å²) in [6, 6.07) is 0. The van der Waals surface area contributed by atoms with Crippen LogP contribution in [-0.2, 0) is 0 Å². The van der Waals surface area contributed by atoms with Crippen molar-refractivity contribution in [2.75, 3.05) is 6.54 Å². The van der Waals surface area contributed by atoms with Crippen molar-refractivity contribution in [3.63, 3.8) is 0 Å². The molecule has 0 bridgehead atoms. The van der Waals surface area contributed by atoms with E-state index in [0.717, 1.165) is 30.2 Å². The maximum atomic E-state index is 4.06. The van der Waals surface area contributed by atoms with E-state index in [1.54, 1.807) is 0 Å². The SMILES string of the molecule is C=CC1CCC(C2CCC(CN=C)CC2)CC1. The Labute approximate surface area is 106 Å². The fourth-order valence-corrected chi connectivity index (χ4v) is 3.88. The Morgan fingerprint density at radius 3 is 1.88 bits per heavy atom. The fourth-order valence-electron chi connectivity index (χ4n) is 3.88. The van der Waals surface area contributed by atoms with Crippen LogP contribution in [0, 0.1) is 23.7 Å². The first-order valence-corrected chi connectivity index (χ1v) is 7.38. The molecule has 0 aromatic carbocycles. The predicted octanol–water partition coefficient (Wildman–Crippen LogP) is 4.49. The number of nitrogens with zero attached hydrogens (tertiary/aromatic N) is 1. The molecule has 2 fully saturated rings.